The lowest BCUT2D eigenvalue weighted by molar-refractivity contribution is -0.0980. The molecule has 4 aliphatic carbocycles. The van der Waals surface area contributed by atoms with Gasteiger partial charge in [-0.15, -0.1) is 0 Å². The Morgan fingerprint density at radius 2 is 1.85 bits per heavy atom. The van der Waals surface area contributed by atoms with Crippen molar-refractivity contribution in [1.82, 2.24) is 10.6 Å². The quantitative estimate of drug-likeness (QED) is 0.308. The normalized spacial score (nSPS) is 38.9. The number of hydrogen-bond acceptors (Lipinski definition) is 4. The number of carbonyl (C=O) groups is 1. The average Bonchev–Trinajstić information content (AvgIpc) is 3.54. The van der Waals surface area contributed by atoms with E-state index in [1.165, 1.54) is 102 Å². The van der Waals surface area contributed by atoms with Gasteiger partial charge in [-0.25, -0.2) is 0 Å². The molecule has 39 heavy (non-hydrogen) atoms. The molecule has 222 valence electrons. The molecule has 5 fully saturated rings. The molecule has 0 aromatic rings. The number of aliphatic imine (C=N–C) groups is 1. The summed E-state index contributed by atoms with van der Waals surface area (Å²) in [5.74, 6) is 3.41. The molecule has 1 saturated heterocycles. The summed E-state index contributed by atoms with van der Waals surface area (Å²) >= 11 is 0. The van der Waals surface area contributed by atoms with Gasteiger partial charge in [0.15, 0.2) is 0 Å². The van der Waals surface area contributed by atoms with Crippen molar-refractivity contribution in [2.24, 2.45) is 39.5 Å². The molecule has 4 heteroatoms. The summed E-state index contributed by atoms with van der Waals surface area (Å²) in [4.78, 5) is 13.2. The molecular formula is C35H61N3O. The van der Waals surface area contributed by atoms with E-state index in [0.717, 1.165) is 42.3 Å². The van der Waals surface area contributed by atoms with Crippen molar-refractivity contribution < 1.29 is 4.79 Å². The molecule has 7 unspecified atom stereocenters. The average molecular weight is 540 g/mol. The molecule has 1 aliphatic heterocycles. The maximum atomic E-state index is 8.00. The van der Waals surface area contributed by atoms with Gasteiger partial charge in [0, 0.05) is 30.3 Å². The highest BCUT2D eigenvalue weighted by atomic mass is 16.1. The zero-order chi connectivity index (χ0) is 28.5. The first-order valence-corrected chi connectivity index (χ1v) is 16.4. The van der Waals surface area contributed by atoms with Crippen molar-refractivity contribution in [2.45, 2.75) is 130 Å². The topological polar surface area (TPSA) is 53.5 Å². The predicted octanol–water partition coefficient (Wildman–Crippen LogP) is 7.93. The summed E-state index contributed by atoms with van der Waals surface area (Å²) in [5.41, 5.74) is 4.04. The van der Waals surface area contributed by atoms with Gasteiger partial charge in [-0.05, 0) is 126 Å². The van der Waals surface area contributed by atoms with Gasteiger partial charge < -0.3 is 15.4 Å². The summed E-state index contributed by atoms with van der Waals surface area (Å²) in [6, 6.07) is 1.58. The lowest BCUT2D eigenvalue weighted by Gasteiger charge is -2.57. The van der Waals surface area contributed by atoms with Crippen LogP contribution >= 0.6 is 0 Å². The van der Waals surface area contributed by atoms with Crippen molar-refractivity contribution in [3.63, 3.8) is 0 Å². The third kappa shape index (κ3) is 7.15. The third-order valence-corrected chi connectivity index (χ3v) is 11.8. The van der Waals surface area contributed by atoms with Crippen molar-refractivity contribution in [2.75, 3.05) is 20.1 Å². The van der Waals surface area contributed by atoms with Crippen LogP contribution in [0, 0.1) is 34.5 Å². The van der Waals surface area contributed by atoms with Gasteiger partial charge in [-0.3, -0.25) is 4.99 Å². The van der Waals surface area contributed by atoms with Gasteiger partial charge in [0.25, 0.3) is 0 Å². The van der Waals surface area contributed by atoms with E-state index in [-0.39, 0.29) is 0 Å². The molecule has 0 aromatic carbocycles. The fourth-order valence-electron chi connectivity index (χ4n) is 9.50. The number of fused-ring (bicyclic) bond motifs is 3. The molecule has 1 heterocycles. The molecule has 0 spiro atoms. The maximum Gasteiger partial charge on any atom is 0.106 e. The van der Waals surface area contributed by atoms with Gasteiger partial charge >= 0.3 is 0 Å². The number of allylic oxidation sites excluding steroid dienone is 3. The van der Waals surface area contributed by atoms with Crippen molar-refractivity contribution in [3.05, 3.63) is 24.3 Å². The Hall–Kier alpha value is -1.26. The Morgan fingerprint density at radius 3 is 2.41 bits per heavy atom. The fourth-order valence-corrected chi connectivity index (χ4v) is 9.50. The molecule has 0 bridgehead atoms. The molecule has 7 atom stereocenters. The minimum absolute atomic E-state index is 0.392. The summed E-state index contributed by atoms with van der Waals surface area (Å²) in [5, 5.41) is 6.84. The highest BCUT2D eigenvalue weighted by Crippen LogP contribution is 2.66. The Balaban J connectivity index is 0.000000457. The largest absolute Gasteiger partial charge is 0.317 e. The van der Waals surface area contributed by atoms with Gasteiger partial charge in [-0.2, -0.15) is 0 Å². The van der Waals surface area contributed by atoms with Crippen molar-refractivity contribution in [3.8, 4) is 0 Å². The molecule has 5 rings (SSSR count). The van der Waals surface area contributed by atoms with Crippen LogP contribution in [0.4, 0.5) is 0 Å². The SMILES string of the molecule is C=C/C=C1/CCC2C(CCC3(C)C(C(C)=NCCC4CCCN4)CCC23)C1(C)CCC.C=O.CNC1CCC1. The zero-order valence-corrected chi connectivity index (χ0v) is 26.2. The van der Waals surface area contributed by atoms with Crippen LogP contribution in [0.25, 0.3) is 0 Å². The molecule has 4 nitrogen and oxygen atoms in total. The maximum absolute atomic E-state index is 8.00. The van der Waals surface area contributed by atoms with Crippen LogP contribution in [-0.2, 0) is 4.79 Å². The Bertz CT molecular complexity index is 823. The van der Waals surface area contributed by atoms with Gasteiger partial charge in [0.05, 0.1) is 0 Å². The van der Waals surface area contributed by atoms with E-state index in [2.05, 4.69) is 51.0 Å². The number of rotatable bonds is 8. The highest BCUT2D eigenvalue weighted by Gasteiger charge is 2.58. The van der Waals surface area contributed by atoms with E-state index in [0.29, 0.717) is 10.8 Å². The van der Waals surface area contributed by atoms with E-state index in [1.54, 1.807) is 5.57 Å². The highest BCUT2D eigenvalue weighted by molar-refractivity contribution is 5.85. The van der Waals surface area contributed by atoms with Gasteiger partial charge in [-0.1, -0.05) is 57.9 Å². The van der Waals surface area contributed by atoms with Crippen LogP contribution in [0.5, 0.6) is 0 Å². The second kappa shape index (κ2) is 15.1. The van der Waals surface area contributed by atoms with E-state index in [4.69, 9.17) is 9.79 Å². The number of carbonyl (C=O) groups excluding carboxylic acids is 1. The Labute approximate surface area is 241 Å². The molecule has 0 amide bonds. The van der Waals surface area contributed by atoms with Crippen molar-refractivity contribution >= 4 is 12.5 Å². The molecule has 0 aromatic heterocycles. The lowest BCUT2D eigenvalue weighted by atomic mass is 9.47. The van der Waals surface area contributed by atoms with E-state index in [9.17, 15) is 0 Å². The molecule has 0 radical (unpaired) electrons. The standard InChI is InChI=1S/C29H48N2.C5H11N.CH2O/c1-6-9-22-11-12-24-26-14-13-25(21(3)30-20-16-23-10-8-19-31-23)29(26,5)18-15-27(24)28(22,4)17-7-2;1-6-5-3-2-4-5;1-2/h6,9,23-27,31H,1,7-8,10-20H2,2-5H3;5-6H,2-4H2,1H3;1H2/b22-9-,30-21?;;. The second-order valence-corrected chi connectivity index (χ2v) is 13.7. The first-order valence-electron chi connectivity index (χ1n) is 16.4. The lowest BCUT2D eigenvalue weighted by Crippen LogP contribution is -2.50. The van der Waals surface area contributed by atoms with Crippen LogP contribution in [0.15, 0.2) is 29.3 Å². The summed E-state index contributed by atoms with van der Waals surface area (Å²) < 4.78 is 0. The number of nitrogens with zero attached hydrogens (tertiary/aromatic N) is 1. The van der Waals surface area contributed by atoms with E-state index >= 15 is 0 Å². The van der Waals surface area contributed by atoms with Crippen LogP contribution in [0.2, 0.25) is 0 Å². The second-order valence-electron chi connectivity index (χ2n) is 13.7. The molecule has 5 aliphatic rings. The van der Waals surface area contributed by atoms with Gasteiger partial charge in [0.1, 0.15) is 6.79 Å². The number of nitrogens with one attached hydrogen (secondary N) is 2. The minimum Gasteiger partial charge on any atom is -0.317 e. The Morgan fingerprint density at radius 1 is 1.08 bits per heavy atom. The first kappa shape index (κ1) is 32.3. The summed E-state index contributed by atoms with van der Waals surface area (Å²) in [7, 11) is 2.03. The fraction of sp³-hybridized carbons (Fsp3) is 0.829. The van der Waals surface area contributed by atoms with E-state index < -0.39 is 0 Å². The van der Waals surface area contributed by atoms with E-state index in [1.807, 2.05) is 19.9 Å². The number of hydrogen-bond donors (Lipinski definition) is 2. The zero-order valence-electron chi connectivity index (χ0n) is 26.2. The molecule has 4 saturated carbocycles. The third-order valence-electron chi connectivity index (χ3n) is 11.8. The van der Waals surface area contributed by atoms with Crippen LogP contribution < -0.4 is 10.6 Å². The predicted molar refractivity (Wildman–Crippen MR) is 169 cm³/mol. The summed E-state index contributed by atoms with van der Waals surface area (Å²) in [6.45, 7) is 18.2. The smallest absolute Gasteiger partial charge is 0.106 e. The van der Waals surface area contributed by atoms with Crippen LogP contribution in [0.1, 0.15) is 118 Å². The van der Waals surface area contributed by atoms with Crippen molar-refractivity contribution in [1.29, 1.82) is 0 Å². The molecular weight excluding hydrogens is 478 g/mol. The monoisotopic (exact) mass is 539 g/mol. The molecule has 2 N–H and O–H groups in total. The minimum atomic E-state index is 0.392. The summed E-state index contributed by atoms with van der Waals surface area (Å²) in [6.07, 6.45) is 23.5. The van der Waals surface area contributed by atoms with Gasteiger partial charge in [0.2, 0.25) is 0 Å². The van der Waals surface area contributed by atoms with Crippen LogP contribution in [0.3, 0.4) is 0 Å². The Kier molecular flexibility index (Phi) is 12.5. The van der Waals surface area contributed by atoms with Crippen LogP contribution in [-0.4, -0.2) is 44.7 Å². The first-order chi connectivity index (χ1) is 18.9.